The summed E-state index contributed by atoms with van der Waals surface area (Å²) >= 11 is 0. The van der Waals surface area contributed by atoms with Gasteiger partial charge in [0.2, 0.25) is 0 Å². The Bertz CT molecular complexity index is 534. The molecule has 116 valence electrons. The first-order chi connectivity index (χ1) is 9.75. The first-order valence-electron chi connectivity index (χ1n) is 7.11. The molecular formula is C13H20N4O4. The van der Waals surface area contributed by atoms with Crippen LogP contribution in [0.15, 0.2) is 0 Å². The van der Waals surface area contributed by atoms with Gasteiger partial charge in [-0.25, -0.2) is 15.7 Å². The molecule has 3 aliphatic rings. The molecule has 3 atom stereocenters. The second-order valence-corrected chi connectivity index (χ2v) is 6.87. The molecular weight excluding hydrogens is 276 g/mol. The zero-order chi connectivity index (χ0) is 15.6. The maximum absolute atomic E-state index is 12.9. The number of piperidine rings is 1. The molecule has 0 spiro atoms. The second-order valence-electron chi connectivity index (χ2n) is 6.87. The third-order valence-electron chi connectivity index (χ3n) is 5.21. The zero-order valence-electron chi connectivity index (χ0n) is 12.1. The molecule has 8 nitrogen and oxygen atoms in total. The fourth-order valence-corrected chi connectivity index (χ4v) is 3.62. The van der Waals surface area contributed by atoms with E-state index >= 15 is 0 Å². The largest absolute Gasteiger partial charge is 0.345 e. The van der Waals surface area contributed by atoms with Crippen LogP contribution in [0.3, 0.4) is 0 Å². The molecule has 2 saturated heterocycles. The summed E-state index contributed by atoms with van der Waals surface area (Å²) in [5.41, 5.74) is 0.290. The van der Waals surface area contributed by atoms with Crippen LogP contribution in [0.25, 0.3) is 0 Å². The molecule has 0 aromatic carbocycles. The lowest BCUT2D eigenvalue weighted by Crippen LogP contribution is -2.67. The number of Topliss-reactive ketones (excluding diaryl/α,β-unsaturated/α-hetero) is 1. The number of nitrogens with two attached hydrogens (primary N) is 1. The van der Waals surface area contributed by atoms with Crippen LogP contribution in [-0.2, 0) is 9.59 Å². The summed E-state index contributed by atoms with van der Waals surface area (Å²) in [6.45, 7) is 4.08. The molecule has 0 radical (unpaired) electrons. The Hall–Kier alpha value is -1.67. The van der Waals surface area contributed by atoms with Crippen molar-refractivity contribution in [3.05, 3.63) is 0 Å². The first kappa shape index (κ1) is 14.3. The molecule has 8 heteroatoms. The molecule has 3 fully saturated rings. The summed E-state index contributed by atoms with van der Waals surface area (Å²) in [5.74, 6) is 4.07. The summed E-state index contributed by atoms with van der Waals surface area (Å²) in [6.07, 6.45) is 1.28. The van der Waals surface area contributed by atoms with Crippen LogP contribution in [0.2, 0.25) is 0 Å². The molecule has 0 aromatic rings. The average molecular weight is 296 g/mol. The zero-order valence-corrected chi connectivity index (χ0v) is 12.1. The van der Waals surface area contributed by atoms with E-state index in [2.05, 4.69) is 0 Å². The number of urea groups is 1. The Morgan fingerprint density at radius 2 is 2.05 bits per heavy atom. The second kappa shape index (κ2) is 4.17. The third kappa shape index (κ3) is 1.72. The fraction of sp³-hybridized carbons (Fsp3) is 0.769. The predicted octanol–water partition coefficient (Wildman–Crippen LogP) is -0.380. The van der Waals surface area contributed by atoms with Crippen LogP contribution in [-0.4, -0.2) is 51.0 Å². The van der Waals surface area contributed by atoms with Crippen molar-refractivity contribution < 1.29 is 19.6 Å². The molecule has 4 N–H and O–H groups in total. The highest BCUT2D eigenvalue weighted by Crippen LogP contribution is 2.55. The minimum absolute atomic E-state index is 0.155. The number of hydrazine groups is 1. The predicted molar refractivity (Wildman–Crippen MR) is 70.7 cm³/mol. The van der Waals surface area contributed by atoms with Gasteiger partial charge in [0.1, 0.15) is 0 Å². The maximum Gasteiger partial charge on any atom is 0.345 e. The van der Waals surface area contributed by atoms with Crippen molar-refractivity contribution in [2.24, 2.45) is 17.2 Å². The quantitative estimate of drug-likeness (QED) is 0.216. The van der Waals surface area contributed by atoms with E-state index in [-0.39, 0.29) is 36.1 Å². The number of nitrogens with zero attached hydrogens (tertiary/aromatic N) is 2. The molecule has 3 amide bonds. The van der Waals surface area contributed by atoms with E-state index in [1.165, 1.54) is 4.90 Å². The van der Waals surface area contributed by atoms with Crippen molar-refractivity contribution in [3.63, 3.8) is 0 Å². The summed E-state index contributed by atoms with van der Waals surface area (Å²) < 4.78 is 0. The lowest BCUT2D eigenvalue weighted by molar-refractivity contribution is -0.146. The Balaban J connectivity index is 2.01. The minimum atomic E-state index is -1.59. The standard InChI is InChI=1S/C13H20N4O4/c1-12(2)5-8(12)9(18)13(10(19)15-14)4-3-7-6-16(13)11(20)17(7)21/h7-8,21H,3-6,14H2,1-2H3,(H,15,19)/t7?,8-,13?/m1/s1. The van der Waals surface area contributed by atoms with E-state index < -0.39 is 17.5 Å². The molecule has 1 saturated carbocycles. The molecule has 0 aromatic heterocycles. The van der Waals surface area contributed by atoms with Gasteiger partial charge in [-0.2, -0.15) is 0 Å². The number of fused-ring (bicyclic) bond motifs is 2. The van der Waals surface area contributed by atoms with Crippen LogP contribution >= 0.6 is 0 Å². The van der Waals surface area contributed by atoms with Crippen LogP contribution < -0.4 is 11.3 Å². The number of hydrogen-bond donors (Lipinski definition) is 3. The summed E-state index contributed by atoms with van der Waals surface area (Å²) in [4.78, 5) is 38.6. The molecule has 21 heavy (non-hydrogen) atoms. The lowest BCUT2D eigenvalue weighted by Gasteiger charge is -2.40. The number of amides is 3. The van der Waals surface area contributed by atoms with Crippen molar-refractivity contribution in [1.29, 1.82) is 0 Å². The Labute approximate surface area is 122 Å². The number of carbonyl (C=O) groups is 3. The van der Waals surface area contributed by atoms with Gasteiger partial charge in [-0.1, -0.05) is 13.8 Å². The van der Waals surface area contributed by atoms with Crippen molar-refractivity contribution in [2.75, 3.05) is 6.54 Å². The van der Waals surface area contributed by atoms with Crippen molar-refractivity contribution >= 4 is 17.7 Å². The highest BCUT2D eigenvalue weighted by atomic mass is 16.5. The molecule has 2 aliphatic heterocycles. The van der Waals surface area contributed by atoms with Gasteiger partial charge in [0.25, 0.3) is 5.91 Å². The monoisotopic (exact) mass is 296 g/mol. The minimum Gasteiger partial charge on any atom is -0.299 e. The number of carbonyl (C=O) groups excluding carboxylic acids is 3. The van der Waals surface area contributed by atoms with Gasteiger partial charge in [-0.3, -0.25) is 25.1 Å². The topological polar surface area (TPSA) is 116 Å². The van der Waals surface area contributed by atoms with Gasteiger partial charge >= 0.3 is 6.03 Å². The summed E-state index contributed by atoms with van der Waals surface area (Å²) in [5, 5.41) is 10.4. The maximum atomic E-state index is 12.9. The van der Waals surface area contributed by atoms with Gasteiger partial charge in [0, 0.05) is 12.5 Å². The van der Waals surface area contributed by atoms with E-state index in [1.807, 2.05) is 19.3 Å². The number of ketones is 1. The van der Waals surface area contributed by atoms with Gasteiger partial charge in [-0.15, -0.1) is 0 Å². The van der Waals surface area contributed by atoms with Gasteiger partial charge in [0.05, 0.1) is 6.04 Å². The van der Waals surface area contributed by atoms with E-state index in [4.69, 9.17) is 5.84 Å². The van der Waals surface area contributed by atoms with Crippen LogP contribution in [0.4, 0.5) is 4.79 Å². The van der Waals surface area contributed by atoms with E-state index in [0.29, 0.717) is 17.9 Å². The molecule has 1 aliphatic carbocycles. The van der Waals surface area contributed by atoms with Crippen LogP contribution in [0, 0.1) is 11.3 Å². The number of hydroxylamine groups is 2. The SMILES string of the molecule is CC1(C)C[C@@H]1C(=O)C1(C(=O)NN)CCC2CN1C(=O)N2O. The van der Waals surface area contributed by atoms with Crippen LogP contribution in [0.1, 0.15) is 33.1 Å². The van der Waals surface area contributed by atoms with Gasteiger partial charge < -0.3 is 0 Å². The lowest BCUT2D eigenvalue weighted by atomic mass is 9.79. The van der Waals surface area contributed by atoms with Crippen LogP contribution in [0.5, 0.6) is 0 Å². The first-order valence-corrected chi connectivity index (χ1v) is 7.11. The number of hydrogen-bond acceptors (Lipinski definition) is 5. The number of nitrogens with one attached hydrogen (secondary N) is 1. The third-order valence-corrected chi connectivity index (χ3v) is 5.21. The molecule has 2 unspecified atom stereocenters. The number of rotatable bonds is 3. The normalized spacial score (nSPS) is 36.7. The fourth-order valence-electron chi connectivity index (χ4n) is 3.62. The van der Waals surface area contributed by atoms with Crippen molar-refractivity contribution in [1.82, 2.24) is 15.4 Å². The van der Waals surface area contributed by atoms with E-state index in [0.717, 1.165) is 0 Å². The Morgan fingerprint density at radius 1 is 1.43 bits per heavy atom. The van der Waals surface area contributed by atoms with E-state index in [1.54, 1.807) is 0 Å². The molecule has 2 bridgehead atoms. The summed E-state index contributed by atoms with van der Waals surface area (Å²) in [6, 6.07) is -1.07. The van der Waals surface area contributed by atoms with E-state index in [9.17, 15) is 19.6 Å². The van der Waals surface area contributed by atoms with Crippen molar-refractivity contribution in [2.45, 2.75) is 44.7 Å². The van der Waals surface area contributed by atoms with Gasteiger partial charge in [-0.05, 0) is 24.7 Å². The van der Waals surface area contributed by atoms with Crippen molar-refractivity contribution in [3.8, 4) is 0 Å². The highest BCUT2D eigenvalue weighted by molar-refractivity contribution is 6.14. The summed E-state index contributed by atoms with van der Waals surface area (Å²) in [7, 11) is 0. The smallest absolute Gasteiger partial charge is 0.299 e. The Morgan fingerprint density at radius 3 is 2.57 bits per heavy atom. The molecule has 2 heterocycles. The van der Waals surface area contributed by atoms with Gasteiger partial charge in [0.15, 0.2) is 11.3 Å². The highest BCUT2D eigenvalue weighted by Gasteiger charge is 2.66. The Kier molecular flexibility index (Phi) is 2.84. The average Bonchev–Trinajstić information content (AvgIpc) is 3.04. The molecule has 3 rings (SSSR count).